The van der Waals surface area contributed by atoms with Crippen molar-refractivity contribution in [2.75, 3.05) is 7.11 Å². The van der Waals surface area contributed by atoms with Crippen LogP contribution in [0.3, 0.4) is 0 Å². The Bertz CT molecular complexity index is 410. The second-order valence-corrected chi connectivity index (χ2v) is 6.17. The van der Waals surface area contributed by atoms with Crippen molar-refractivity contribution in [2.45, 2.75) is 38.8 Å². The number of nitrogens with one attached hydrogen (secondary N) is 1. The molecule has 1 amide bonds. The van der Waals surface area contributed by atoms with E-state index in [9.17, 15) is 9.59 Å². The number of alkyl carbamates (subject to hydrolysis) is 1. The number of amides is 1. The first-order valence-corrected chi connectivity index (χ1v) is 6.57. The third-order valence-corrected chi connectivity index (χ3v) is 3.62. The number of carbonyl (C=O) groups excluding carboxylic acids is 2. The van der Waals surface area contributed by atoms with E-state index >= 15 is 0 Å². The lowest BCUT2D eigenvalue weighted by molar-refractivity contribution is -0.147. The molecule has 19 heavy (non-hydrogen) atoms. The van der Waals surface area contributed by atoms with Crippen molar-refractivity contribution in [1.82, 2.24) is 5.32 Å². The largest absolute Gasteiger partial charge is 0.469 e. The molecule has 1 fully saturated rings. The fourth-order valence-corrected chi connectivity index (χ4v) is 2.92. The van der Waals surface area contributed by atoms with Gasteiger partial charge >= 0.3 is 12.1 Å². The number of esters is 1. The van der Waals surface area contributed by atoms with E-state index in [0.717, 1.165) is 6.42 Å². The fraction of sp³-hybridized carbons (Fsp3) is 0.714. The topological polar surface area (TPSA) is 64.6 Å². The van der Waals surface area contributed by atoms with Crippen LogP contribution in [0.5, 0.6) is 0 Å². The van der Waals surface area contributed by atoms with E-state index in [2.05, 4.69) is 11.4 Å². The minimum atomic E-state index is -0.543. The number of hydrogen-bond acceptors (Lipinski definition) is 4. The Kier molecular flexibility index (Phi) is 3.56. The Morgan fingerprint density at radius 2 is 1.84 bits per heavy atom. The maximum absolute atomic E-state index is 11.8. The van der Waals surface area contributed by atoms with E-state index in [1.807, 2.05) is 26.8 Å². The predicted molar refractivity (Wildman–Crippen MR) is 69.4 cm³/mol. The van der Waals surface area contributed by atoms with Crippen LogP contribution in [0.1, 0.15) is 27.2 Å². The predicted octanol–water partition coefficient (Wildman–Crippen LogP) is 1.87. The summed E-state index contributed by atoms with van der Waals surface area (Å²) in [4.78, 5) is 23.7. The molecule has 2 aliphatic rings. The van der Waals surface area contributed by atoms with E-state index in [1.54, 1.807) is 0 Å². The van der Waals surface area contributed by atoms with Crippen LogP contribution in [0.15, 0.2) is 12.2 Å². The van der Waals surface area contributed by atoms with Gasteiger partial charge in [-0.1, -0.05) is 12.2 Å². The molecule has 0 aliphatic heterocycles. The highest BCUT2D eigenvalue weighted by molar-refractivity contribution is 5.77. The third-order valence-electron chi connectivity index (χ3n) is 3.62. The minimum Gasteiger partial charge on any atom is -0.469 e. The second-order valence-electron chi connectivity index (χ2n) is 6.17. The Morgan fingerprint density at radius 1 is 1.21 bits per heavy atom. The van der Waals surface area contributed by atoms with Crippen LogP contribution >= 0.6 is 0 Å². The highest BCUT2D eigenvalue weighted by Gasteiger charge is 2.49. The van der Waals surface area contributed by atoms with Gasteiger partial charge in [-0.05, 0) is 39.0 Å². The Morgan fingerprint density at radius 3 is 2.42 bits per heavy atom. The molecule has 0 heterocycles. The maximum atomic E-state index is 11.8. The summed E-state index contributed by atoms with van der Waals surface area (Å²) in [5.41, 5.74) is -0.543. The molecule has 106 valence electrons. The van der Waals surface area contributed by atoms with E-state index in [1.165, 1.54) is 7.11 Å². The zero-order valence-corrected chi connectivity index (χ0v) is 11.8. The van der Waals surface area contributed by atoms with Crippen LogP contribution in [0.2, 0.25) is 0 Å². The number of fused-ring (bicyclic) bond motifs is 2. The average Bonchev–Trinajstić information content (AvgIpc) is 2.85. The van der Waals surface area contributed by atoms with Crippen molar-refractivity contribution in [2.24, 2.45) is 17.8 Å². The van der Waals surface area contributed by atoms with E-state index < -0.39 is 11.7 Å². The lowest BCUT2D eigenvalue weighted by atomic mass is 9.89. The van der Waals surface area contributed by atoms with Gasteiger partial charge in [0.15, 0.2) is 0 Å². The first-order valence-electron chi connectivity index (χ1n) is 6.57. The zero-order chi connectivity index (χ0) is 14.2. The van der Waals surface area contributed by atoms with Crippen molar-refractivity contribution in [3.8, 4) is 0 Å². The normalized spacial score (nSPS) is 32.2. The summed E-state index contributed by atoms with van der Waals surface area (Å²) in [6, 6.07) is -0.225. The molecule has 2 rings (SSSR count). The van der Waals surface area contributed by atoms with Crippen LogP contribution in [-0.2, 0) is 14.3 Å². The van der Waals surface area contributed by atoms with Crippen molar-refractivity contribution < 1.29 is 19.1 Å². The van der Waals surface area contributed by atoms with E-state index in [0.29, 0.717) is 0 Å². The molecule has 5 nitrogen and oxygen atoms in total. The fourth-order valence-electron chi connectivity index (χ4n) is 2.92. The molecule has 0 unspecified atom stereocenters. The molecule has 0 radical (unpaired) electrons. The summed E-state index contributed by atoms with van der Waals surface area (Å²) in [5, 5.41) is 2.82. The smallest absolute Gasteiger partial charge is 0.407 e. The highest BCUT2D eigenvalue weighted by Crippen LogP contribution is 2.44. The van der Waals surface area contributed by atoms with Gasteiger partial charge in [0.2, 0.25) is 0 Å². The van der Waals surface area contributed by atoms with Crippen molar-refractivity contribution in [3.05, 3.63) is 12.2 Å². The van der Waals surface area contributed by atoms with Gasteiger partial charge in [-0.2, -0.15) is 0 Å². The Hall–Kier alpha value is -1.52. The molecule has 1 saturated carbocycles. The van der Waals surface area contributed by atoms with Gasteiger partial charge in [0, 0.05) is 0 Å². The lowest BCUT2D eigenvalue weighted by Crippen LogP contribution is -2.47. The number of rotatable bonds is 2. The Balaban J connectivity index is 2.04. The summed E-state index contributed by atoms with van der Waals surface area (Å²) in [7, 11) is 1.38. The van der Waals surface area contributed by atoms with Gasteiger partial charge in [0.1, 0.15) is 5.60 Å². The molecule has 0 spiro atoms. The minimum absolute atomic E-state index is 0.164. The molecule has 0 aromatic carbocycles. The monoisotopic (exact) mass is 267 g/mol. The summed E-state index contributed by atoms with van der Waals surface area (Å²) < 4.78 is 10.1. The summed E-state index contributed by atoms with van der Waals surface area (Å²) in [5.74, 6) is -0.204. The van der Waals surface area contributed by atoms with Gasteiger partial charge in [-0.15, -0.1) is 0 Å². The standard InChI is InChI=1S/C14H21NO4/c1-14(2,3)19-13(17)15-11-9-6-5-8(7-9)10(11)12(16)18-4/h5-6,8-11H,7H2,1-4H3,(H,15,17)/t8-,9+,10-,11-/m0/s1. The van der Waals surface area contributed by atoms with Crippen LogP contribution < -0.4 is 5.32 Å². The SMILES string of the molecule is COC(=O)[C@@H]1[C@@H](NC(=O)OC(C)(C)C)[C@@H]2C=C[C@H]1C2. The summed E-state index contributed by atoms with van der Waals surface area (Å²) in [6.45, 7) is 5.43. The van der Waals surface area contributed by atoms with Gasteiger partial charge in [-0.3, -0.25) is 4.79 Å². The highest BCUT2D eigenvalue weighted by atomic mass is 16.6. The van der Waals surface area contributed by atoms with E-state index in [4.69, 9.17) is 9.47 Å². The van der Waals surface area contributed by atoms with Crippen LogP contribution in [-0.4, -0.2) is 30.8 Å². The lowest BCUT2D eigenvalue weighted by Gasteiger charge is -2.28. The molecular weight excluding hydrogens is 246 g/mol. The van der Waals surface area contributed by atoms with E-state index in [-0.39, 0.29) is 29.8 Å². The van der Waals surface area contributed by atoms with Gasteiger partial charge in [0.25, 0.3) is 0 Å². The number of carbonyl (C=O) groups is 2. The van der Waals surface area contributed by atoms with Crippen LogP contribution in [0, 0.1) is 17.8 Å². The Labute approximate surface area is 113 Å². The summed E-state index contributed by atoms with van der Waals surface area (Å²) in [6.07, 6.45) is 4.51. The first kappa shape index (κ1) is 13.9. The van der Waals surface area contributed by atoms with Gasteiger partial charge in [-0.25, -0.2) is 4.79 Å². The van der Waals surface area contributed by atoms with Gasteiger partial charge < -0.3 is 14.8 Å². The molecule has 4 atom stereocenters. The molecule has 5 heteroatoms. The van der Waals surface area contributed by atoms with Crippen LogP contribution in [0.4, 0.5) is 4.79 Å². The number of ether oxygens (including phenoxy) is 2. The molecule has 2 aliphatic carbocycles. The molecule has 2 bridgehead atoms. The number of allylic oxidation sites excluding steroid dienone is 1. The van der Waals surface area contributed by atoms with Crippen LogP contribution in [0.25, 0.3) is 0 Å². The van der Waals surface area contributed by atoms with Crippen molar-refractivity contribution in [3.63, 3.8) is 0 Å². The first-order chi connectivity index (χ1) is 8.81. The molecular formula is C14H21NO4. The van der Waals surface area contributed by atoms with Crippen molar-refractivity contribution in [1.29, 1.82) is 0 Å². The quantitative estimate of drug-likeness (QED) is 0.613. The zero-order valence-electron chi connectivity index (χ0n) is 11.8. The number of hydrogen-bond donors (Lipinski definition) is 1. The average molecular weight is 267 g/mol. The molecule has 1 N–H and O–H groups in total. The summed E-state index contributed by atoms with van der Waals surface area (Å²) >= 11 is 0. The second kappa shape index (κ2) is 4.87. The molecule has 0 aromatic heterocycles. The number of methoxy groups -OCH3 is 1. The molecule has 0 saturated heterocycles. The maximum Gasteiger partial charge on any atom is 0.407 e. The molecule has 0 aromatic rings. The van der Waals surface area contributed by atoms with Crippen molar-refractivity contribution >= 4 is 12.1 Å². The van der Waals surface area contributed by atoms with Gasteiger partial charge in [0.05, 0.1) is 19.1 Å². The third kappa shape index (κ3) is 2.91.